The van der Waals surface area contributed by atoms with Crippen LogP contribution in [0.4, 0.5) is 0 Å². The lowest BCUT2D eigenvalue weighted by Gasteiger charge is -2.18. The van der Waals surface area contributed by atoms with Gasteiger partial charge in [-0.25, -0.2) is 0 Å². The summed E-state index contributed by atoms with van der Waals surface area (Å²) in [5.41, 5.74) is 2.51. The summed E-state index contributed by atoms with van der Waals surface area (Å²) < 4.78 is 11.9. The molecule has 3 rings (SSSR count). The molecule has 0 atom stereocenters. The van der Waals surface area contributed by atoms with Gasteiger partial charge in [0, 0.05) is 17.5 Å². The molecule has 3 heteroatoms. The van der Waals surface area contributed by atoms with Crippen LogP contribution in [0.25, 0.3) is 0 Å². The third-order valence-corrected chi connectivity index (χ3v) is 3.58. The highest BCUT2D eigenvalue weighted by Gasteiger charge is 2.32. The normalized spacial score (nSPS) is 14.9. The van der Waals surface area contributed by atoms with Gasteiger partial charge in [-0.05, 0) is 26.0 Å². The van der Waals surface area contributed by atoms with Gasteiger partial charge >= 0.3 is 0 Å². The van der Waals surface area contributed by atoms with E-state index in [2.05, 4.69) is 26.0 Å². The molecule has 106 valence electrons. The molecule has 2 aromatic rings. The smallest absolute Gasteiger partial charge is 0.165 e. The van der Waals surface area contributed by atoms with Crippen molar-refractivity contribution >= 4 is 0 Å². The first-order chi connectivity index (χ1) is 10.1. The average molecular weight is 279 g/mol. The first-order valence-corrected chi connectivity index (χ1v) is 7.01. The van der Waals surface area contributed by atoms with Crippen molar-refractivity contribution in [2.24, 2.45) is 0 Å². The summed E-state index contributed by atoms with van der Waals surface area (Å²) in [6.07, 6.45) is 0.883. The van der Waals surface area contributed by atoms with Gasteiger partial charge in [0.15, 0.2) is 11.5 Å². The van der Waals surface area contributed by atoms with Crippen LogP contribution in [0.1, 0.15) is 30.5 Å². The lowest BCUT2D eigenvalue weighted by atomic mass is 10.0. The van der Waals surface area contributed by atoms with Gasteiger partial charge in [-0.2, -0.15) is 5.26 Å². The fourth-order valence-corrected chi connectivity index (χ4v) is 2.61. The molecule has 0 aliphatic carbocycles. The summed E-state index contributed by atoms with van der Waals surface area (Å²) >= 11 is 0. The number of hydrogen-bond acceptors (Lipinski definition) is 3. The zero-order chi connectivity index (χ0) is 14.9. The molecule has 1 aliphatic heterocycles. The van der Waals surface area contributed by atoms with Gasteiger partial charge < -0.3 is 9.47 Å². The Morgan fingerprint density at radius 3 is 2.81 bits per heavy atom. The number of rotatable bonds is 3. The van der Waals surface area contributed by atoms with Crippen molar-refractivity contribution in [1.82, 2.24) is 0 Å². The molecule has 0 radical (unpaired) electrons. The predicted molar refractivity (Wildman–Crippen MR) is 80.3 cm³/mol. The van der Waals surface area contributed by atoms with Crippen LogP contribution in [-0.2, 0) is 13.0 Å². The van der Waals surface area contributed by atoms with Gasteiger partial charge in [-0.15, -0.1) is 0 Å². The molecule has 0 fully saturated rings. The van der Waals surface area contributed by atoms with Crippen molar-refractivity contribution in [2.75, 3.05) is 0 Å². The largest absolute Gasteiger partial charge is 0.485 e. The van der Waals surface area contributed by atoms with Crippen LogP contribution in [-0.4, -0.2) is 5.60 Å². The van der Waals surface area contributed by atoms with Crippen molar-refractivity contribution in [1.29, 1.82) is 5.26 Å². The fourth-order valence-electron chi connectivity index (χ4n) is 2.61. The van der Waals surface area contributed by atoms with E-state index in [-0.39, 0.29) is 5.60 Å². The van der Waals surface area contributed by atoms with Crippen LogP contribution < -0.4 is 9.47 Å². The zero-order valence-electron chi connectivity index (χ0n) is 12.2. The lowest BCUT2D eigenvalue weighted by molar-refractivity contribution is 0.131. The Balaban J connectivity index is 1.82. The number of ether oxygens (including phenoxy) is 2. The molecule has 0 bridgehead atoms. The SMILES string of the molecule is CC1(C)Cc2cccc(OCc3ccccc3C#N)c2O1. The molecule has 2 aromatic carbocycles. The highest BCUT2D eigenvalue weighted by atomic mass is 16.5. The molecule has 0 saturated carbocycles. The molecular formula is C18H17NO2. The maximum atomic E-state index is 9.11. The Kier molecular flexibility index (Phi) is 3.31. The molecule has 0 spiro atoms. The number of nitriles is 1. The fraction of sp³-hybridized carbons (Fsp3) is 0.278. The van der Waals surface area contributed by atoms with E-state index in [0.717, 1.165) is 23.5 Å². The van der Waals surface area contributed by atoms with Crippen LogP contribution in [0, 0.1) is 11.3 Å². The maximum absolute atomic E-state index is 9.11. The zero-order valence-corrected chi connectivity index (χ0v) is 12.2. The van der Waals surface area contributed by atoms with E-state index in [0.29, 0.717) is 12.2 Å². The van der Waals surface area contributed by atoms with E-state index in [1.807, 2.05) is 30.3 Å². The summed E-state index contributed by atoms with van der Waals surface area (Å²) in [5.74, 6) is 1.57. The van der Waals surface area contributed by atoms with E-state index in [4.69, 9.17) is 14.7 Å². The van der Waals surface area contributed by atoms with Crippen LogP contribution in [0.5, 0.6) is 11.5 Å². The van der Waals surface area contributed by atoms with Crippen LogP contribution >= 0.6 is 0 Å². The molecular weight excluding hydrogens is 262 g/mol. The number of fused-ring (bicyclic) bond motifs is 1. The Morgan fingerprint density at radius 1 is 1.19 bits per heavy atom. The van der Waals surface area contributed by atoms with Crippen molar-refractivity contribution in [2.45, 2.75) is 32.5 Å². The number of para-hydroxylation sites is 1. The Hall–Kier alpha value is -2.47. The molecule has 3 nitrogen and oxygen atoms in total. The highest BCUT2D eigenvalue weighted by molar-refractivity contribution is 5.50. The standard InChI is InChI=1S/C18H17NO2/c1-18(2)10-13-8-5-9-16(17(13)21-18)20-12-15-7-4-3-6-14(15)11-19/h3-9H,10,12H2,1-2H3. The molecule has 0 saturated heterocycles. The molecule has 21 heavy (non-hydrogen) atoms. The van der Waals surface area contributed by atoms with Crippen molar-refractivity contribution in [3.05, 3.63) is 59.2 Å². The summed E-state index contributed by atoms with van der Waals surface area (Å²) in [6, 6.07) is 15.6. The van der Waals surface area contributed by atoms with Crippen molar-refractivity contribution < 1.29 is 9.47 Å². The quantitative estimate of drug-likeness (QED) is 0.857. The molecule has 1 heterocycles. The minimum atomic E-state index is -0.188. The molecule has 0 amide bonds. The second-order valence-electron chi connectivity index (χ2n) is 5.84. The number of hydrogen-bond donors (Lipinski definition) is 0. The topological polar surface area (TPSA) is 42.2 Å². The van der Waals surface area contributed by atoms with E-state index in [9.17, 15) is 0 Å². The van der Waals surface area contributed by atoms with Gasteiger partial charge in [0.2, 0.25) is 0 Å². The highest BCUT2D eigenvalue weighted by Crippen LogP contribution is 2.41. The third kappa shape index (κ3) is 2.71. The molecule has 0 aromatic heterocycles. The van der Waals surface area contributed by atoms with E-state index < -0.39 is 0 Å². The van der Waals surface area contributed by atoms with E-state index in [1.54, 1.807) is 6.07 Å². The van der Waals surface area contributed by atoms with Gasteiger partial charge in [-0.3, -0.25) is 0 Å². The second-order valence-corrected chi connectivity index (χ2v) is 5.84. The average Bonchev–Trinajstić information content (AvgIpc) is 2.79. The monoisotopic (exact) mass is 279 g/mol. The van der Waals surface area contributed by atoms with Gasteiger partial charge in [0.1, 0.15) is 12.2 Å². The first-order valence-electron chi connectivity index (χ1n) is 7.01. The Labute approximate surface area is 124 Å². The van der Waals surface area contributed by atoms with Crippen LogP contribution in [0.15, 0.2) is 42.5 Å². The third-order valence-electron chi connectivity index (χ3n) is 3.58. The maximum Gasteiger partial charge on any atom is 0.165 e. The Bertz CT molecular complexity index is 713. The summed E-state index contributed by atoms with van der Waals surface area (Å²) in [7, 11) is 0. The summed E-state index contributed by atoms with van der Waals surface area (Å²) in [5, 5.41) is 9.11. The van der Waals surface area contributed by atoms with E-state index in [1.165, 1.54) is 5.56 Å². The second kappa shape index (κ2) is 5.14. The molecule has 0 N–H and O–H groups in total. The van der Waals surface area contributed by atoms with E-state index >= 15 is 0 Å². The lowest BCUT2D eigenvalue weighted by Crippen LogP contribution is -2.24. The van der Waals surface area contributed by atoms with Crippen LogP contribution in [0.2, 0.25) is 0 Å². The summed E-state index contributed by atoms with van der Waals surface area (Å²) in [4.78, 5) is 0. The van der Waals surface area contributed by atoms with Crippen molar-refractivity contribution in [3.63, 3.8) is 0 Å². The van der Waals surface area contributed by atoms with Gasteiger partial charge in [-0.1, -0.05) is 30.3 Å². The molecule has 0 unspecified atom stereocenters. The first kappa shape index (κ1) is 13.5. The van der Waals surface area contributed by atoms with Gasteiger partial charge in [0.05, 0.1) is 11.6 Å². The summed E-state index contributed by atoms with van der Waals surface area (Å²) in [6.45, 7) is 4.51. The Morgan fingerprint density at radius 2 is 2.00 bits per heavy atom. The van der Waals surface area contributed by atoms with Crippen LogP contribution in [0.3, 0.4) is 0 Å². The van der Waals surface area contributed by atoms with Crippen molar-refractivity contribution in [3.8, 4) is 17.6 Å². The van der Waals surface area contributed by atoms with Gasteiger partial charge in [0.25, 0.3) is 0 Å². The number of benzene rings is 2. The minimum absolute atomic E-state index is 0.188. The number of nitrogens with zero attached hydrogens (tertiary/aromatic N) is 1. The predicted octanol–water partition coefficient (Wildman–Crippen LogP) is 3.85. The molecule has 1 aliphatic rings. The minimum Gasteiger partial charge on any atom is -0.485 e.